The second kappa shape index (κ2) is 8.50. The summed E-state index contributed by atoms with van der Waals surface area (Å²) in [6, 6.07) is 13.7. The lowest BCUT2D eigenvalue weighted by Gasteiger charge is -2.37. The number of carbonyl (C=O) groups is 1. The van der Waals surface area contributed by atoms with Gasteiger partial charge in [-0.25, -0.2) is 4.79 Å². The fourth-order valence-electron chi connectivity index (χ4n) is 4.96. The van der Waals surface area contributed by atoms with Crippen LogP contribution in [0.15, 0.2) is 53.8 Å². The number of oxime groups is 1. The minimum atomic E-state index is -0.923. The van der Waals surface area contributed by atoms with Gasteiger partial charge in [0.25, 0.3) is 0 Å². The van der Waals surface area contributed by atoms with Crippen molar-refractivity contribution >= 4 is 34.2 Å². The van der Waals surface area contributed by atoms with Gasteiger partial charge >= 0.3 is 5.97 Å². The molecular formula is C26H28ClN3O3. The number of nitrogens with zero attached hydrogens (tertiary/aromatic N) is 3. The highest BCUT2D eigenvalue weighted by Gasteiger charge is 2.42. The molecule has 0 aliphatic carbocycles. The summed E-state index contributed by atoms with van der Waals surface area (Å²) in [5, 5.41) is 15.4. The van der Waals surface area contributed by atoms with Crippen LogP contribution in [-0.2, 0) is 11.4 Å². The molecule has 1 fully saturated rings. The molecule has 2 aliphatic heterocycles. The van der Waals surface area contributed by atoms with Crippen molar-refractivity contribution in [3.63, 3.8) is 0 Å². The Labute approximate surface area is 198 Å². The maximum absolute atomic E-state index is 11.1. The second-order valence-corrected chi connectivity index (χ2v) is 9.89. The lowest BCUT2D eigenvalue weighted by molar-refractivity contribution is -0.0626. The Morgan fingerprint density at radius 1 is 1.18 bits per heavy atom. The summed E-state index contributed by atoms with van der Waals surface area (Å²) >= 11 is 6.66. The Hall–Kier alpha value is -2.83. The molecule has 3 heterocycles. The summed E-state index contributed by atoms with van der Waals surface area (Å²) in [5.74, 6) is -0.923. The lowest BCUT2D eigenvalue weighted by atomic mass is 9.85. The van der Waals surface area contributed by atoms with E-state index >= 15 is 0 Å². The predicted molar refractivity (Wildman–Crippen MR) is 130 cm³/mol. The number of hydrogen-bond acceptors (Lipinski definition) is 4. The lowest BCUT2D eigenvalue weighted by Crippen LogP contribution is -2.44. The van der Waals surface area contributed by atoms with Crippen LogP contribution >= 0.6 is 11.6 Å². The van der Waals surface area contributed by atoms with Gasteiger partial charge in [0.15, 0.2) is 0 Å². The summed E-state index contributed by atoms with van der Waals surface area (Å²) in [6.45, 7) is 7.06. The summed E-state index contributed by atoms with van der Waals surface area (Å²) in [5.41, 5.74) is 4.18. The first-order valence-corrected chi connectivity index (χ1v) is 11.8. The third-order valence-corrected chi connectivity index (χ3v) is 7.15. The van der Waals surface area contributed by atoms with Gasteiger partial charge in [-0.1, -0.05) is 28.9 Å². The first-order chi connectivity index (χ1) is 15.8. The van der Waals surface area contributed by atoms with Crippen LogP contribution < -0.4 is 0 Å². The fourth-order valence-corrected chi connectivity index (χ4v) is 5.31. The van der Waals surface area contributed by atoms with Crippen LogP contribution in [0.1, 0.15) is 60.6 Å². The van der Waals surface area contributed by atoms with Crippen LogP contribution in [0.4, 0.5) is 0 Å². The van der Waals surface area contributed by atoms with Gasteiger partial charge in [-0.05, 0) is 55.3 Å². The number of benzene rings is 2. The molecule has 0 bridgehead atoms. The Bertz CT molecular complexity index is 1220. The SMILES string of the molecule is CC(C)n1ccc2cc(CN3CCC4(CC3)CC(c3ccc(C(=O)O)cc3)=NO4)cc(Cl)c21. The van der Waals surface area contributed by atoms with Gasteiger partial charge < -0.3 is 14.5 Å². The van der Waals surface area contributed by atoms with Crippen LogP contribution in [-0.4, -0.2) is 44.9 Å². The number of aromatic nitrogens is 1. The van der Waals surface area contributed by atoms with Crippen molar-refractivity contribution in [1.29, 1.82) is 0 Å². The van der Waals surface area contributed by atoms with E-state index in [0.29, 0.717) is 6.04 Å². The largest absolute Gasteiger partial charge is 0.478 e. The minimum Gasteiger partial charge on any atom is -0.478 e. The van der Waals surface area contributed by atoms with Gasteiger partial charge in [0.1, 0.15) is 5.60 Å². The van der Waals surface area contributed by atoms with Crippen LogP contribution in [0.5, 0.6) is 0 Å². The van der Waals surface area contributed by atoms with Crippen molar-refractivity contribution in [2.24, 2.45) is 5.16 Å². The Morgan fingerprint density at radius 3 is 2.58 bits per heavy atom. The Kier molecular flexibility index (Phi) is 5.67. The maximum atomic E-state index is 11.1. The van der Waals surface area contributed by atoms with Crippen molar-refractivity contribution in [1.82, 2.24) is 9.47 Å². The Morgan fingerprint density at radius 2 is 1.91 bits per heavy atom. The number of rotatable bonds is 5. The molecule has 1 aromatic heterocycles. The number of aromatic carboxylic acids is 1. The van der Waals surface area contributed by atoms with E-state index in [1.807, 2.05) is 12.1 Å². The van der Waals surface area contributed by atoms with Gasteiger partial charge in [0.05, 0.1) is 21.8 Å². The number of piperidine rings is 1. The Balaban J connectivity index is 1.22. The zero-order valence-corrected chi connectivity index (χ0v) is 19.7. The zero-order chi connectivity index (χ0) is 23.2. The molecule has 2 aromatic carbocycles. The number of likely N-dealkylation sites (tertiary alicyclic amines) is 1. The van der Waals surface area contributed by atoms with Crippen LogP contribution in [0.25, 0.3) is 10.9 Å². The molecule has 0 amide bonds. The van der Waals surface area contributed by atoms with Crippen molar-refractivity contribution in [2.45, 2.75) is 51.3 Å². The molecule has 1 spiro atoms. The predicted octanol–water partition coefficient (Wildman–Crippen LogP) is 5.73. The molecule has 5 rings (SSSR count). The van der Waals surface area contributed by atoms with Crippen molar-refractivity contribution in [2.75, 3.05) is 13.1 Å². The van der Waals surface area contributed by atoms with E-state index in [-0.39, 0.29) is 11.2 Å². The molecule has 0 saturated carbocycles. The minimum absolute atomic E-state index is 0.257. The van der Waals surface area contributed by atoms with Gasteiger partial charge in [-0.15, -0.1) is 0 Å². The third kappa shape index (κ3) is 4.25. The molecule has 7 heteroatoms. The van der Waals surface area contributed by atoms with E-state index in [1.165, 1.54) is 10.9 Å². The molecule has 2 aliphatic rings. The molecule has 0 unspecified atom stereocenters. The van der Waals surface area contributed by atoms with E-state index in [4.69, 9.17) is 21.5 Å². The molecule has 33 heavy (non-hydrogen) atoms. The van der Waals surface area contributed by atoms with Crippen molar-refractivity contribution in [3.05, 3.63) is 70.4 Å². The summed E-state index contributed by atoms with van der Waals surface area (Å²) in [6.07, 6.45) is 4.69. The monoisotopic (exact) mass is 465 g/mol. The van der Waals surface area contributed by atoms with E-state index in [2.05, 4.69) is 52.9 Å². The molecule has 1 N–H and O–H groups in total. The molecule has 6 nitrogen and oxygen atoms in total. The summed E-state index contributed by atoms with van der Waals surface area (Å²) in [7, 11) is 0. The van der Waals surface area contributed by atoms with Crippen LogP contribution in [0.3, 0.4) is 0 Å². The molecule has 172 valence electrons. The molecular weight excluding hydrogens is 438 g/mol. The van der Waals surface area contributed by atoms with E-state index in [1.54, 1.807) is 12.1 Å². The molecule has 3 aromatic rings. The average Bonchev–Trinajstić information content (AvgIpc) is 3.41. The average molecular weight is 466 g/mol. The van der Waals surface area contributed by atoms with Crippen LogP contribution in [0.2, 0.25) is 5.02 Å². The highest BCUT2D eigenvalue weighted by Crippen LogP contribution is 2.37. The van der Waals surface area contributed by atoms with Crippen molar-refractivity contribution < 1.29 is 14.7 Å². The zero-order valence-electron chi connectivity index (χ0n) is 18.9. The summed E-state index contributed by atoms with van der Waals surface area (Å²) in [4.78, 5) is 19.5. The number of carboxylic acids is 1. The quantitative estimate of drug-likeness (QED) is 0.522. The smallest absolute Gasteiger partial charge is 0.335 e. The van der Waals surface area contributed by atoms with Gasteiger partial charge in [0, 0.05) is 56.5 Å². The van der Waals surface area contributed by atoms with Crippen LogP contribution in [0, 0.1) is 0 Å². The normalized spacial score (nSPS) is 18.1. The maximum Gasteiger partial charge on any atom is 0.335 e. The van der Waals surface area contributed by atoms with E-state index in [9.17, 15) is 4.79 Å². The number of carboxylic acid groups (broad SMARTS) is 1. The number of fused-ring (bicyclic) bond motifs is 1. The van der Waals surface area contributed by atoms with Gasteiger partial charge in [-0.3, -0.25) is 4.90 Å². The highest BCUT2D eigenvalue weighted by molar-refractivity contribution is 6.35. The molecule has 0 radical (unpaired) electrons. The van der Waals surface area contributed by atoms with E-state index < -0.39 is 5.97 Å². The number of hydrogen-bond donors (Lipinski definition) is 1. The molecule has 1 saturated heterocycles. The third-order valence-electron chi connectivity index (χ3n) is 6.86. The van der Waals surface area contributed by atoms with Gasteiger partial charge in [-0.2, -0.15) is 0 Å². The van der Waals surface area contributed by atoms with Crippen molar-refractivity contribution in [3.8, 4) is 0 Å². The van der Waals surface area contributed by atoms with Gasteiger partial charge in [0.2, 0.25) is 0 Å². The first kappa shape index (κ1) is 22.0. The topological polar surface area (TPSA) is 67.1 Å². The summed E-state index contributed by atoms with van der Waals surface area (Å²) < 4.78 is 2.22. The number of halogens is 1. The standard InChI is InChI=1S/C26H28ClN3O3/c1-17(2)30-10-7-21-13-18(14-22(27)24(21)30)16-29-11-8-26(9-12-29)15-23(28-33-26)19-3-5-20(6-4-19)25(31)32/h3-7,10,13-14,17H,8-9,11-12,15-16H2,1-2H3,(H,31,32). The van der Waals surface area contributed by atoms with E-state index in [0.717, 1.165) is 60.7 Å². The first-order valence-electron chi connectivity index (χ1n) is 11.4. The molecule has 0 atom stereocenters. The fraction of sp³-hybridized carbons (Fsp3) is 0.385. The highest BCUT2D eigenvalue weighted by atomic mass is 35.5. The second-order valence-electron chi connectivity index (χ2n) is 9.48.